The van der Waals surface area contributed by atoms with Crippen LogP contribution in [0.5, 0.6) is 0 Å². The molecule has 12 heteroatoms. The highest BCUT2D eigenvalue weighted by atomic mass is 32.2. The summed E-state index contributed by atoms with van der Waals surface area (Å²) < 4.78 is 59.7. The van der Waals surface area contributed by atoms with Gasteiger partial charge in [0.1, 0.15) is 0 Å². The second-order valence-corrected chi connectivity index (χ2v) is 9.84. The molecule has 0 fully saturated rings. The van der Waals surface area contributed by atoms with Gasteiger partial charge in [-0.15, -0.1) is 0 Å². The lowest BCUT2D eigenvalue weighted by Crippen LogP contribution is -2.27. The molecule has 0 aliphatic heterocycles. The van der Waals surface area contributed by atoms with Gasteiger partial charge in [-0.1, -0.05) is 39.8 Å². The van der Waals surface area contributed by atoms with Crippen molar-refractivity contribution in [3.05, 3.63) is 53.6 Å². The minimum atomic E-state index is -5.08. The highest BCUT2D eigenvalue weighted by molar-refractivity contribution is 7.92. The molecule has 0 unspecified atom stereocenters. The summed E-state index contributed by atoms with van der Waals surface area (Å²) in [6.07, 6.45) is -3.31. The quantitative estimate of drug-likeness (QED) is 0.365. The van der Waals surface area contributed by atoms with Crippen molar-refractivity contribution in [3.63, 3.8) is 0 Å². The Kier molecular flexibility index (Phi) is 11.2. The van der Waals surface area contributed by atoms with Gasteiger partial charge in [-0.25, -0.2) is 18.0 Å². The first kappa shape index (κ1) is 30.8. The van der Waals surface area contributed by atoms with Crippen LogP contribution in [0.4, 0.5) is 24.5 Å². The number of halogens is 3. The van der Waals surface area contributed by atoms with E-state index < -0.39 is 28.1 Å². The molecule has 0 atom stereocenters. The zero-order valence-electron chi connectivity index (χ0n) is 20.5. The molecule has 0 bridgehead atoms. The van der Waals surface area contributed by atoms with Gasteiger partial charge >= 0.3 is 18.1 Å². The Morgan fingerprint density at radius 3 is 1.86 bits per heavy atom. The number of carbonyl (C=O) groups is 2. The van der Waals surface area contributed by atoms with Crippen molar-refractivity contribution in [3.8, 4) is 0 Å². The van der Waals surface area contributed by atoms with E-state index >= 15 is 0 Å². The molecule has 0 radical (unpaired) electrons. The number of rotatable bonds is 10. The number of aromatic carboxylic acids is 1. The van der Waals surface area contributed by atoms with Gasteiger partial charge in [0.15, 0.2) is 0 Å². The molecule has 0 aromatic heterocycles. The first-order valence-corrected chi connectivity index (χ1v) is 12.7. The summed E-state index contributed by atoms with van der Waals surface area (Å²) in [5.74, 6) is -3.54. The molecule has 0 heterocycles. The van der Waals surface area contributed by atoms with E-state index in [9.17, 15) is 31.5 Å². The average Bonchev–Trinajstić information content (AvgIpc) is 2.78. The van der Waals surface area contributed by atoms with Crippen LogP contribution in [-0.4, -0.2) is 49.8 Å². The molecule has 0 saturated heterocycles. The zero-order valence-corrected chi connectivity index (χ0v) is 21.3. The third-order valence-corrected chi connectivity index (χ3v) is 6.30. The third kappa shape index (κ3) is 9.06. The number of hydrogen-bond donors (Lipinski definition) is 3. The van der Waals surface area contributed by atoms with Crippen molar-refractivity contribution in [2.75, 3.05) is 22.7 Å². The number of alkyl halides is 3. The highest BCUT2D eigenvalue weighted by Crippen LogP contribution is 2.27. The molecule has 0 aliphatic rings. The second kappa shape index (κ2) is 13.1. The molecule has 2 aromatic rings. The van der Waals surface area contributed by atoms with Crippen molar-refractivity contribution in [1.82, 2.24) is 0 Å². The zero-order chi connectivity index (χ0) is 27.7. The van der Waals surface area contributed by atoms with Crippen LogP contribution in [0.1, 0.15) is 62.4 Å². The van der Waals surface area contributed by atoms with E-state index in [1.807, 2.05) is 32.6 Å². The molecule has 3 N–H and O–H groups in total. The third-order valence-electron chi connectivity index (χ3n) is 4.91. The lowest BCUT2D eigenvalue weighted by molar-refractivity contribution is -0.192. The Morgan fingerprint density at radius 1 is 0.972 bits per heavy atom. The van der Waals surface area contributed by atoms with Crippen LogP contribution in [0.3, 0.4) is 0 Å². The molecule has 200 valence electrons. The number of hydrogen-bond acceptors (Lipinski definition) is 5. The fourth-order valence-electron chi connectivity index (χ4n) is 3.19. The number of carboxylic acids is 2. The smallest absolute Gasteiger partial charge is 0.478 e. The SMILES string of the molecule is CCCN(CCC)c1ccc(NS(=O)(=O)c2ccc(C(C)C)cc2)cc1C(=O)O.O=C(O)C(F)(F)F. The average molecular weight is 533 g/mol. The Hall–Kier alpha value is -3.28. The van der Waals surface area contributed by atoms with E-state index in [0.29, 0.717) is 11.6 Å². The Bertz CT molecular complexity index is 1130. The van der Waals surface area contributed by atoms with Crippen molar-refractivity contribution < 1.29 is 41.4 Å². The van der Waals surface area contributed by atoms with Gasteiger partial charge in [-0.3, -0.25) is 4.72 Å². The maximum absolute atomic E-state index is 12.7. The van der Waals surface area contributed by atoms with Crippen LogP contribution in [-0.2, 0) is 14.8 Å². The van der Waals surface area contributed by atoms with Gasteiger partial charge in [-0.2, -0.15) is 13.2 Å². The van der Waals surface area contributed by atoms with E-state index in [1.165, 1.54) is 6.07 Å². The van der Waals surface area contributed by atoms with Gasteiger partial charge in [-0.05, 0) is 54.7 Å². The number of benzene rings is 2. The summed E-state index contributed by atoms with van der Waals surface area (Å²) in [6.45, 7) is 9.63. The number of anilines is 2. The van der Waals surface area contributed by atoms with Crippen LogP contribution in [0.15, 0.2) is 47.4 Å². The number of nitrogens with one attached hydrogen (secondary N) is 1. The van der Waals surface area contributed by atoms with E-state index in [4.69, 9.17) is 9.90 Å². The van der Waals surface area contributed by atoms with Crippen LogP contribution in [0, 0.1) is 0 Å². The van der Waals surface area contributed by atoms with Crippen molar-refractivity contribution in [2.45, 2.75) is 57.5 Å². The topological polar surface area (TPSA) is 124 Å². The van der Waals surface area contributed by atoms with Crippen LogP contribution in [0.25, 0.3) is 0 Å². The van der Waals surface area contributed by atoms with Gasteiger partial charge < -0.3 is 15.1 Å². The minimum Gasteiger partial charge on any atom is -0.478 e. The van der Waals surface area contributed by atoms with Gasteiger partial charge in [0.2, 0.25) is 0 Å². The number of aliphatic carboxylic acids is 1. The molecular formula is C24H31F3N2O6S. The normalized spacial score (nSPS) is 11.4. The lowest BCUT2D eigenvalue weighted by atomic mass is 10.0. The molecule has 0 aliphatic carbocycles. The largest absolute Gasteiger partial charge is 0.490 e. The predicted molar refractivity (Wildman–Crippen MR) is 131 cm³/mol. The summed E-state index contributed by atoms with van der Waals surface area (Å²) in [4.78, 5) is 22.9. The van der Waals surface area contributed by atoms with Crippen molar-refractivity contribution in [1.29, 1.82) is 0 Å². The second-order valence-electron chi connectivity index (χ2n) is 8.16. The Balaban J connectivity index is 0.000000809. The molecule has 0 spiro atoms. The van der Waals surface area contributed by atoms with E-state index in [2.05, 4.69) is 4.72 Å². The summed E-state index contributed by atoms with van der Waals surface area (Å²) in [5, 5.41) is 16.8. The van der Waals surface area contributed by atoms with E-state index in [0.717, 1.165) is 31.5 Å². The standard InChI is InChI=1S/C22H30N2O4S.C2HF3O2/c1-5-13-24(14-6-2)21-12-9-18(15-20(21)22(25)26)23-29(27,28)19-10-7-17(8-11-19)16(3)4;3-2(4,5)1(6)7/h7-12,15-16,23H,5-6,13-14H2,1-4H3,(H,25,26);(H,6,7). The van der Waals surface area contributed by atoms with Crippen LogP contribution in [0.2, 0.25) is 0 Å². The Morgan fingerprint density at radius 2 is 1.47 bits per heavy atom. The molecule has 2 rings (SSSR count). The highest BCUT2D eigenvalue weighted by Gasteiger charge is 2.38. The maximum atomic E-state index is 12.7. The first-order chi connectivity index (χ1) is 16.6. The molecule has 0 saturated carbocycles. The monoisotopic (exact) mass is 532 g/mol. The molecule has 36 heavy (non-hydrogen) atoms. The number of nitrogens with zero attached hydrogens (tertiary/aromatic N) is 1. The number of sulfonamides is 1. The van der Waals surface area contributed by atoms with Crippen molar-refractivity contribution >= 4 is 33.3 Å². The van der Waals surface area contributed by atoms with Crippen LogP contribution < -0.4 is 9.62 Å². The van der Waals surface area contributed by atoms with Gasteiger partial charge in [0.25, 0.3) is 10.0 Å². The Labute approximate surface area is 208 Å². The molecule has 0 amide bonds. The first-order valence-electron chi connectivity index (χ1n) is 11.2. The maximum Gasteiger partial charge on any atom is 0.490 e. The summed E-state index contributed by atoms with van der Waals surface area (Å²) in [6, 6.07) is 11.4. The van der Waals surface area contributed by atoms with Crippen LogP contribution >= 0.6 is 0 Å². The molecule has 2 aromatic carbocycles. The van der Waals surface area contributed by atoms with E-state index in [-0.39, 0.29) is 16.1 Å². The van der Waals surface area contributed by atoms with Crippen molar-refractivity contribution in [2.24, 2.45) is 0 Å². The van der Waals surface area contributed by atoms with Gasteiger partial charge in [0, 0.05) is 18.8 Å². The summed E-state index contributed by atoms with van der Waals surface area (Å²) >= 11 is 0. The number of carboxylic acid groups (broad SMARTS) is 2. The fourth-order valence-corrected chi connectivity index (χ4v) is 4.23. The summed E-state index contributed by atoms with van der Waals surface area (Å²) in [7, 11) is -3.81. The van der Waals surface area contributed by atoms with Gasteiger partial charge in [0.05, 0.1) is 16.1 Å². The molecular weight excluding hydrogens is 501 g/mol. The minimum absolute atomic E-state index is 0.0854. The fraction of sp³-hybridized carbons (Fsp3) is 0.417. The summed E-state index contributed by atoms with van der Waals surface area (Å²) in [5.41, 5.74) is 1.97. The van der Waals surface area contributed by atoms with E-state index in [1.54, 1.807) is 36.4 Å². The molecule has 8 nitrogen and oxygen atoms in total. The lowest BCUT2D eigenvalue weighted by Gasteiger charge is -2.25. The predicted octanol–water partition coefficient (Wildman–Crippen LogP) is 5.57.